The van der Waals surface area contributed by atoms with Gasteiger partial charge in [0.2, 0.25) is 0 Å². The van der Waals surface area contributed by atoms with E-state index in [1.807, 2.05) is 0 Å². The number of ether oxygens (including phenoxy) is 1. The summed E-state index contributed by atoms with van der Waals surface area (Å²) in [6, 6.07) is 6.72. The average molecular weight is 375 g/mol. The number of hydrogen-bond donors (Lipinski definition) is 1. The molecular formula is C20H29N3O4. The van der Waals surface area contributed by atoms with Crippen molar-refractivity contribution >= 4 is 17.9 Å². The monoisotopic (exact) mass is 375 g/mol. The van der Waals surface area contributed by atoms with Crippen molar-refractivity contribution in [3.63, 3.8) is 0 Å². The minimum Gasteiger partial charge on any atom is -0.450 e. The molecular weight excluding hydrogens is 346 g/mol. The molecule has 1 fully saturated rings. The zero-order valence-electron chi connectivity index (χ0n) is 16.2. The van der Waals surface area contributed by atoms with E-state index in [1.165, 1.54) is 0 Å². The number of nitrogens with one attached hydrogen (secondary N) is 1. The van der Waals surface area contributed by atoms with Gasteiger partial charge in [-0.3, -0.25) is 9.59 Å². The van der Waals surface area contributed by atoms with Crippen molar-refractivity contribution in [2.24, 2.45) is 0 Å². The lowest BCUT2D eigenvalue weighted by atomic mass is 10.1. The van der Waals surface area contributed by atoms with Crippen LogP contribution in [0.5, 0.6) is 0 Å². The summed E-state index contributed by atoms with van der Waals surface area (Å²) in [6.45, 7) is 6.76. The fourth-order valence-electron chi connectivity index (χ4n) is 2.93. The van der Waals surface area contributed by atoms with E-state index in [0.29, 0.717) is 50.5 Å². The molecule has 0 spiro atoms. The average Bonchev–Trinajstić information content (AvgIpc) is 2.71. The predicted molar refractivity (Wildman–Crippen MR) is 103 cm³/mol. The first-order valence-corrected chi connectivity index (χ1v) is 9.66. The molecule has 0 radical (unpaired) electrons. The van der Waals surface area contributed by atoms with Gasteiger partial charge in [-0.25, -0.2) is 4.79 Å². The van der Waals surface area contributed by atoms with Gasteiger partial charge >= 0.3 is 6.09 Å². The lowest BCUT2D eigenvalue weighted by Gasteiger charge is -2.34. The molecule has 0 aliphatic carbocycles. The summed E-state index contributed by atoms with van der Waals surface area (Å²) in [6.07, 6.45) is 2.84. The van der Waals surface area contributed by atoms with Gasteiger partial charge in [-0.15, -0.1) is 0 Å². The van der Waals surface area contributed by atoms with Crippen LogP contribution in [0.15, 0.2) is 24.3 Å². The number of hydrogen-bond acceptors (Lipinski definition) is 4. The molecule has 148 valence electrons. The zero-order chi connectivity index (χ0) is 19.6. The number of carbonyl (C=O) groups is 3. The molecule has 2 rings (SSSR count). The van der Waals surface area contributed by atoms with E-state index >= 15 is 0 Å². The number of amides is 3. The smallest absolute Gasteiger partial charge is 0.409 e. The summed E-state index contributed by atoms with van der Waals surface area (Å²) < 4.78 is 4.98. The molecule has 1 aromatic rings. The van der Waals surface area contributed by atoms with Crippen LogP contribution in [0.1, 0.15) is 53.8 Å². The summed E-state index contributed by atoms with van der Waals surface area (Å²) in [4.78, 5) is 39.8. The Kier molecular flexibility index (Phi) is 8.10. The maximum atomic E-state index is 12.6. The van der Waals surface area contributed by atoms with Gasteiger partial charge in [0, 0.05) is 43.9 Å². The fraction of sp³-hybridized carbons (Fsp3) is 0.550. The zero-order valence-corrected chi connectivity index (χ0v) is 16.2. The van der Waals surface area contributed by atoms with Crippen LogP contribution in [0, 0.1) is 0 Å². The number of piperazine rings is 1. The van der Waals surface area contributed by atoms with Gasteiger partial charge in [0.25, 0.3) is 11.8 Å². The Morgan fingerprint density at radius 3 is 2.11 bits per heavy atom. The van der Waals surface area contributed by atoms with E-state index in [4.69, 9.17) is 4.74 Å². The van der Waals surface area contributed by atoms with Gasteiger partial charge in [-0.05, 0) is 37.6 Å². The second kappa shape index (κ2) is 10.5. The Bertz CT molecular complexity index is 637. The van der Waals surface area contributed by atoms with Crippen molar-refractivity contribution in [2.75, 3.05) is 39.3 Å². The van der Waals surface area contributed by atoms with Gasteiger partial charge in [0.15, 0.2) is 0 Å². The lowest BCUT2D eigenvalue weighted by Crippen LogP contribution is -2.50. The van der Waals surface area contributed by atoms with Crippen LogP contribution in [-0.2, 0) is 4.74 Å². The molecule has 0 bridgehead atoms. The molecule has 0 aromatic heterocycles. The maximum absolute atomic E-state index is 12.6. The van der Waals surface area contributed by atoms with Gasteiger partial charge in [-0.2, -0.15) is 0 Å². The van der Waals surface area contributed by atoms with E-state index in [0.717, 1.165) is 19.3 Å². The third-order valence-corrected chi connectivity index (χ3v) is 4.55. The van der Waals surface area contributed by atoms with Crippen LogP contribution < -0.4 is 5.32 Å². The van der Waals surface area contributed by atoms with Crippen LogP contribution in [-0.4, -0.2) is 67.0 Å². The number of benzene rings is 1. The Morgan fingerprint density at radius 2 is 1.52 bits per heavy atom. The molecule has 0 saturated carbocycles. The van der Waals surface area contributed by atoms with Crippen LogP contribution in [0.25, 0.3) is 0 Å². The molecule has 1 aliphatic heterocycles. The minimum atomic E-state index is -0.334. The van der Waals surface area contributed by atoms with E-state index in [-0.39, 0.29) is 17.9 Å². The van der Waals surface area contributed by atoms with Crippen LogP contribution >= 0.6 is 0 Å². The van der Waals surface area contributed by atoms with Crippen LogP contribution in [0.2, 0.25) is 0 Å². The maximum Gasteiger partial charge on any atom is 0.409 e. The van der Waals surface area contributed by atoms with Crippen LogP contribution in [0.4, 0.5) is 4.79 Å². The summed E-state index contributed by atoms with van der Waals surface area (Å²) in [5, 5.41) is 2.89. The third-order valence-electron chi connectivity index (χ3n) is 4.55. The summed E-state index contributed by atoms with van der Waals surface area (Å²) in [5.74, 6) is -0.207. The highest BCUT2D eigenvalue weighted by Crippen LogP contribution is 2.11. The SMILES string of the molecule is CCCCCNC(=O)c1ccc(C(=O)N2CCN(C(=O)OCC)CC2)cc1. The summed E-state index contributed by atoms with van der Waals surface area (Å²) >= 11 is 0. The first-order valence-electron chi connectivity index (χ1n) is 9.66. The number of unbranched alkanes of at least 4 members (excludes halogenated alkanes) is 2. The van der Waals surface area contributed by atoms with Crippen molar-refractivity contribution in [2.45, 2.75) is 33.1 Å². The van der Waals surface area contributed by atoms with Crippen molar-refractivity contribution in [3.05, 3.63) is 35.4 Å². The van der Waals surface area contributed by atoms with Gasteiger partial charge in [-0.1, -0.05) is 19.8 Å². The molecule has 1 N–H and O–H groups in total. The highest BCUT2D eigenvalue weighted by Gasteiger charge is 2.25. The molecule has 0 unspecified atom stereocenters. The van der Waals surface area contributed by atoms with Crippen molar-refractivity contribution < 1.29 is 19.1 Å². The lowest BCUT2D eigenvalue weighted by molar-refractivity contribution is 0.0570. The largest absolute Gasteiger partial charge is 0.450 e. The van der Waals surface area contributed by atoms with Crippen LogP contribution in [0.3, 0.4) is 0 Å². The van der Waals surface area contributed by atoms with Gasteiger partial charge in [0.1, 0.15) is 0 Å². The second-order valence-corrected chi connectivity index (χ2v) is 6.52. The van der Waals surface area contributed by atoms with E-state index in [9.17, 15) is 14.4 Å². The normalized spacial score (nSPS) is 14.0. The molecule has 1 saturated heterocycles. The highest BCUT2D eigenvalue weighted by molar-refractivity contribution is 5.97. The topological polar surface area (TPSA) is 79.0 Å². The fourth-order valence-corrected chi connectivity index (χ4v) is 2.93. The number of carbonyl (C=O) groups excluding carboxylic acids is 3. The van der Waals surface area contributed by atoms with E-state index in [1.54, 1.807) is 41.0 Å². The summed E-state index contributed by atoms with van der Waals surface area (Å²) in [7, 11) is 0. The summed E-state index contributed by atoms with van der Waals surface area (Å²) in [5.41, 5.74) is 1.09. The molecule has 1 aromatic carbocycles. The minimum absolute atomic E-state index is 0.0894. The number of rotatable bonds is 7. The first kappa shape index (κ1) is 20.7. The van der Waals surface area contributed by atoms with Gasteiger partial charge < -0.3 is 19.9 Å². The Hall–Kier alpha value is -2.57. The molecule has 7 heteroatoms. The van der Waals surface area contributed by atoms with E-state index < -0.39 is 0 Å². The molecule has 1 heterocycles. The standard InChI is InChI=1S/C20H29N3O4/c1-3-5-6-11-21-18(24)16-7-9-17(10-8-16)19(25)22-12-14-23(15-13-22)20(26)27-4-2/h7-10H,3-6,11-15H2,1-2H3,(H,21,24). The van der Waals surface area contributed by atoms with Gasteiger partial charge in [0.05, 0.1) is 6.61 Å². The predicted octanol–water partition coefficient (Wildman–Crippen LogP) is 2.52. The molecule has 1 aliphatic rings. The highest BCUT2D eigenvalue weighted by atomic mass is 16.6. The second-order valence-electron chi connectivity index (χ2n) is 6.52. The van der Waals surface area contributed by atoms with Crippen molar-refractivity contribution in [3.8, 4) is 0 Å². The molecule has 0 atom stereocenters. The Morgan fingerprint density at radius 1 is 0.926 bits per heavy atom. The van der Waals surface area contributed by atoms with Crippen molar-refractivity contribution in [1.29, 1.82) is 0 Å². The quantitative estimate of drug-likeness (QED) is 0.743. The molecule has 7 nitrogen and oxygen atoms in total. The Balaban J connectivity index is 1.85. The Labute approximate surface area is 160 Å². The van der Waals surface area contributed by atoms with Crippen molar-refractivity contribution in [1.82, 2.24) is 15.1 Å². The molecule has 27 heavy (non-hydrogen) atoms. The third kappa shape index (κ3) is 5.98. The number of nitrogens with zero attached hydrogens (tertiary/aromatic N) is 2. The first-order chi connectivity index (χ1) is 13.1. The molecule has 3 amide bonds. The van der Waals surface area contributed by atoms with E-state index in [2.05, 4.69) is 12.2 Å².